The molecule has 1 fully saturated rings. The summed E-state index contributed by atoms with van der Waals surface area (Å²) in [6.45, 7) is 6.49. The van der Waals surface area contributed by atoms with Gasteiger partial charge in [0.05, 0.1) is 15.9 Å². The van der Waals surface area contributed by atoms with Crippen molar-refractivity contribution in [2.24, 2.45) is 0 Å². The minimum absolute atomic E-state index is 1.06. The van der Waals surface area contributed by atoms with Gasteiger partial charge >= 0.3 is 0 Å². The van der Waals surface area contributed by atoms with Crippen molar-refractivity contribution in [1.82, 2.24) is 9.88 Å². The summed E-state index contributed by atoms with van der Waals surface area (Å²) in [5.74, 6) is 0. The van der Waals surface area contributed by atoms with E-state index in [-0.39, 0.29) is 0 Å². The number of hydrogen-bond acceptors (Lipinski definition) is 3. The van der Waals surface area contributed by atoms with E-state index in [0.717, 1.165) is 36.3 Å². The van der Waals surface area contributed by atoms with Crippen LogP contribution in [0.5, 0.6) is 0 Å². The maximum Gasteiger partial charge on any atom is 0.0621 e. The number of piperazine rings is 1. The van der Waals surface area contributed by atoms with Crippen LogP contribution in [-0.2, 0) is 0 Å². The standard InChI is InChI=1S/C11H16BrN3/c1-9-11(12)10(3-4-13-9)15-7-5-14(2)6-8-15/h3-4H,5-8H2,1-2H3. The summed E-state index contributed by atoms with van der Waals surface area (Å²) >= 11 is 3.61. The predicted molar refractivity (Wildman–Crippen MR) is 66.4 cm³/mol. The van der Waals surface area contributed by atoms with Crippen LogP contribution >= 0.6 is 15.9 Å². The van der Waals surface area contributed by atoms with Gasteiger partial charge in [-0.25, -0.2) is 0 Å². The van der Waals surface area contributed by atoms with Gasteiger partial charge < -0.3 is 9.80 Å². The SMILES string of the molecule is Cc1nccc(N2CCN(C)CC2)c1Br. The molecule has 1 aromatic heterocycles. The molecule has 0 atom stereocenters. The lowest BCUT2D eigenvalue weighted by molar-refractivity contribution is 0.312. The zero-order valence-corrected chi connectivity index (χ0v) is 10.8. The van der Waals surface area contributed by atoms with Gasteiger partial charge in [-0.1, -0.05) is 0 Å². The molecule has 82 valence electrons. The maximum absolute atomic E-state index is 4.27. The van der Waals surface area contributed by atoms with Crippen molar-refractivity contribution in [3.63, 3.8) is 0 Å². The molecule has 0 radical (unpaired) electrons. The Hall–Kier alpha value is -0.610. The van der Waals surface area contributed by atoms with E-state index >= 15 is 0 Å². The number of aromatic nitrogens is 1. The van der Waals surface area contributed by atoms with Crippen LogP contribution in [0.15, 0.2) is 16.7 Å². The van der Waals surface area contributed by atoms with Crippen LogP contribution < -0.4 is 4.90 Å². The second-order valence-electron chi connectivity index (χ2n) is 4.02. The van der Waals surface area contributed by atoms with Gasteiger partial charge in [0.25, 0.3) is 0 Å². The number of nitrogens with zero attached hydrogens (tertiary/aromatic N) is 3. The van der Waals surface area contributed by atoms with E-state index in [0.29, 0.717) is 0 Å². The van der Waals surface area contributed by atoms with E-state index in [1.165, 1.54) is 5.69 Å². The number of halogens is 1. The Bertz CT molecular complexity index is 346. The highest BCUT2D eigenvalue weighted by Gasteiger charge is 2.16. The molecule has 2 rings (SSSR count). The fourth-order valence-corrected chi connectivity index (χ4v) is 2.31. The van der Waals surface area contributed by atoms with Crippen LogP contribution in [0.4, 0.5) is 5.69 Å². The topological polar surface area (TPSA) is 19.4 Å². The smallest absolute Gasteiger partial charge is 0.0621 e. The Morgan fingerprint density at radius 2 is 1.93 bits per heavy atom. The molecule has 15 heavy (non-hydrogen) atoms. The number of anilines is 1. The van der Waals surface area contributed by atoms with Gasteiger partial charge in [-0.05, 0) is 36.0 Å². The second kappa shape index (κ2) is 4.49. The number of rotatable bonds is 1. The van der Waals surface area contributed by atoms with Gasteiger partial charge in [0.1, 0.15) is 0 Å². The van der Waals surface area contributed by atoms with Gasteiger partial charge in [0.2, 0.25) is 0 Å². The Morgan fingerprint density at radius 1 is 1.27 bits per heavy atom. The lowest BCUT2D eigenvalue weighted by Gasteiger charge is -2.34. The Balaban J connectivity index is 2.19. The highest BCUT2D eigenvalue weighted by Crippen LogP contribution is 2.28. The molecule has 0 unspecified atom stereocenters. The van der Waals surface area contributed by atoms with Gasteiger partial charge in [-0.15, -0.1) is 0 Å². The average Bonchev–Trinajstić information content (AvgIpc) is 2.24. The summed E-state index contributed by atoms with van der Waals surface area (Å²) in [7, 11) is 2.17. The maximum atomic E-state index is 4.27. The minimum Gasteiger partial charge on any atom is -0.368 e. The first kappa shape index (κ1) is 10.9. The number of aryl methyl sites for hydroxylation is 1. The van der Waals surface area contributed by atoms with Crippen LogP contribution in [-0.4, -0.2) is 43.1 Å². The summed E-state index contributed by atoms with van der Waals surface area (Å²) in [5, 5.41) is 0. The van der Waals surface area contributed by atoms with Gasteiger partial charge in [0, 0.05) is 32.4 Å². The van der Waals surface area contributed by atoms with E-state index in [1.807, 2.05) is 13.1 Å². The summed E-state index contributed by atoms with van der Waals surface area (Å²) in [6, 6.07) is 2.09. The highest BCUT2D eigenvalue weighted by molar-refractivity contribution is 9.10. The lowest BCUT2D eigenvalue weighted by atomic mass is 10.2. The number of hydrogen-bond donors (Lipinski definition) is 0. The molecule has 1 aromatic rings. The van der Waals surface area contributed by atoms with E-state index in [1.54, 1.807) is 0 Å². The van der Waals surface area contributed by atoms with Crippen LogP contribution in [0.3, 0.4) is 0 Å². The lowest BCUT2D eigenvalue weighted by Crippen LogP contribution is -2.44. The monoisotopic (exact) mass is 269 g/mol. The molecule has 0 aromatic carbocycles. The van der Waals surface area contributed by atoms with E-state index < -0.39 is 0 Å². The van der Waals surface area contributed by atoms with Gasteiger partial charge in [-0.2, -0.15) is 0 Å². The second-order valence-corrected chi connectivity index (χ2v) is 4.81. The third kappa shape index (κ3) is 2.32. The Morgan fingerprint density at radius 3 is 2.60 bits per heavy atom. The van der Waals surface area contributed by atoms with Crippen LogP contribution in [0, 0.1) is 6.92 Å². The molecule has 1 aliphatic heterocycles. The molecule has 0 amide bonds. The first-order valence-electron chi connectivity index (χ1n) is 5.23. The van der Waals surface area contributed by atoms with Crippen molar-refractivity contribution in [3.05, 3.63) is 22.4 Å². The molecule has 2 heterocycles. The molecule has 0 spiro atoms. The highest BCUT2D eigenvalue weighted by atomic mass is 79.9. The molecule has 0 N–H and O–H groups in total. The van der Waals surface area contributed by atoms with Crippen molar-refractivity contribution in [2.45, 2.75) is 6.92 Å². The van der Waals surface area contributed by atoms with Crippen molar-refractivity contribution in [2.75, 3.05) is 38.1 Å². The van der Waals surface area contributed by atoms with Gasteiger partial charge in [0.15, 0.2) is 0 Å². The first-order chi connectivity index (χ1) is 7.18. The average molecular weight is 270 g/mol. The fourth-order valence-electron chi connectivity index (χ4n) is 1.83. The summed E-state index contributed by atoms with van der Waals surface area (Å²) in [5.41, 5.74) is 2.34. The zero-order chi connectivity index (χ0) is 10.8. The summed E-state index contributed by atoms with van der Waals surface area (Å²) < 4.78 is 1.13. The van der Waals surface area contributed by atoms with Crippen LogP contribution in [0.25, 0.3) is 0 Å². The minimum atomic E-state index is 1.06. The predicted octanol–water partition coefficient (Wildman–Crippen LogP) is 1.90. The first-order valence-corrected chi connectivity index (χ1v) is 6.02. The zero-order valence-electron chi connectivity index (χ0n) is 9.20. The van der Waals surface area contributed by atoms with Crippen molar-refractivity contribution >= 4 is 21.6 Å². The Labute approximate surface area is 99.2 Å². The van der Waals surface area contributed by atoms with Gasteiger partial charge in [-0.3, -0.25) is 4.98 Å². The number of likely N-dealkylation sites (N-methyl/N-ethyl adjacent to an activating group) is 1. The van der Waals surface area contributed by atoms with E-state index in [9.17, 15) is 0 Å². The summed E-state index contributed by atoms with van der Waals surface area (Å²) in [6.07, 6.45) is 1.88. The van der Waals surface area contributed by atoms with Crippen LogP contribution in [0.1, 0.15) is 5.69 Å². The van der Waals surface area contributed by atoms with Crippen molar-refractivity contribution < 1.29 is 0 Å². The molecule has 0 aliphatic carbocycles. The van der Waals surface area contributed by atoms with Crippen LogP contribution in [0.2, 0.25) is 0 Å². The largest absolute Gasteiger partial charge is 0.368 e. The molecule has 0 saturated carbocycles. The molecule has 3 nitrogen and oxygen atoms in total. The quantitative estimate of drug-likeness (QED) is 0.777. The molecule has 4 heteroatoms. The molecular weight excluding hydrogens is 254 g/mol. The molecule has 0 bridgehead atoms. The third-order valence-electron chi connectivity index (χ3n) is 2.89. The Kier molecular flexibility index (Phi) is 3.26. The van der Waals surface area contributed by atoms with E-state index in [2.05, 4.69) is 43.8 Å². The fraction of sp³-hybridized carbons (Fsp3) is 0.545. The molecule has 1 aliphatic rings. The molecular formula is C11H16BrN3. The van der Waals surface area contributed by atoms with Crippen molar-refractivity contribution in [3.8, 4) is 0 Å². The number of pyridine rings is 1. The molecule has 1 saturated heterocycles. The van der Waals surface area contributed by atoms with Crippen molar-refractivity contribution in [1.29, 1.82) is 0 Å². The third-order valence-corrected chi connectivity index (χ3v) is 3.87. The van der Waals surface area contributed by atoms with E-state index in [4.69, 9.17) is 0 Å². The normalized spacial score (nSPS) is 18.2. The summed E-state index contributed by atoms with van der Waals surface area (Å²) in [4.78, 5) is 9.04.